The lowest BCUT2D eigenvalue weighted by molar-refractivity contribution is 0.0900. The Balaban J connectivity index is 1.54. The molecule has 132 valence electrons. The summed E-state index contributed by atoms with van der Waals surface area (Å²) in [5.74, 6) is 0.445. The molecule has 0 radical (unpaired) electrons. The Morgan fingerprint density at radius 3 is 2.72 bits per heavy atom. The number of piperidine rings is 1. The number of anilines is 1. The van der Waals surface area contributed by atoms with Crippen molar-refractivity contribution < 1.29 is 4.79 Å². The SMILES string of the molecule is CCNc1ncc(C(=O)NC2CCCN(Cc3ccccc3)C2)cn1. The lowest BCUT2D eigenvalue weighted by Gasteiger charge is -2.33. The molecule has 1 saturated heterocycles. The predicted molar refractivity (Wildman–Crippen MR) is 98.4 cm³/mol. The molecule has 1 amide bonds. The minimum atomic E-state index is -0.102. The number of nitrogens with zero attached hydrogens (tertiary/aromatic N) is 3. The molecule has 3 rings (SSSR count). The van der Waals surface area contributed by atoms with Crippen LogP contribution in [-0.4, -0.2) is 46.5 Å². The molecule has 0 aliphatic carbocycles. The number of amides is 1. The average Bonchev–Trinajstić information content (AvgIpc) is 2.64. The number of aromatic nitrogens is 2. The van der Waals surface area contributed by atoms with E-state index in [0.717, 1.165) is 39.0 Å². The average molecular weight is 339 g/mol. The van der Waals surface area contributed by atoms with Gasteiger partial charge in [0.2, 0.25) is 5.95 Å². The molecule has 1 unspecified atom stereocenters. The van der Waals surface area contributed by atoms with Crippen molar-refractivity contribution in [2.45, 2.75) is 32.4 Å². The Labute approximate surface area is 148 Å². The number of hydrogen-bond acceptors (Lipinski definition) is 5. The first-order valence-corrected chi connectivity index (χ1v) is 8.87. The van der Waals surface area contributed by atoms with Crippen molar-refractivity contribution in [3.05, 3.63) is 53.9 Å². The van der Waals surface area contributed by atoms with E-state index in [2.05, 4.69) is 49.8 Å². The Hall–Kier alpha value is -2.47. The van der Waals surface area contributed by atoms with Crippen LogP contribution in [0.1, 0.15) is 35.7 Å². The number of hydrogen-bond donors (Lipinski definition) is 2. The summed E-state index contributed by atoms with van der Waals surface area (Å²) in [6.45, 7) is 5.60. The lowest BCUT2D eigenvalue weighted by atomic mass is 10.0. The largest absolute Gasteiger partial charge is 0.355 e. The highest BCUT2D eigenvalue weighted by Crippen LogP contribution is 2.14. The summed E-state index contributed by atoms with van der Waals surface area (Å²) in [6, 6.07) is 10.6. The maximum absolute atomic E-state index is 12.4. The van der Waals surface area contributed by atoms with Crippen LogP contribution in [0.5, 0.6) is 0 Å². The van der Waals surface area contributed by atoms with Crippen molar-refractivity contribution in [3.63, 3.8) is 0 Å². The molecule has 1 aromatic heterocycles. The zero-order valence-electron chi connectivity index (χ0n) is 14.6. The minimum Gasteiger partial charge on any atom is -0.355 e. The van der Waals surface area contributed by atoms with E-state index in [1.807, 2.05) is 13.0 Å². The summed E-state index contributed by atoms with van der Waals surface area (Å²) in [4.78, 5) is 23.1. The molecule has 1 aliphatic rings. The van der Waals surface area contributed by atoms with Gasteiger partial charge in [0, 0.05) is 38.1 Å². The van der Waals surface area contributed by atoms with E-state index in [4.69, 9.17) is 0 Å². The fraction of sp³-hybridized carbons (Fsp3) is 0.421. The van der Waals surface area contributed by atoms with E-state index >= 15 is 0 Å². The molecule has 25 heavy (non-hydrogen) atoms. The summed E-state index contributed by atoms with van der Waals surface area (Å²) >= 11 is 0. The van der Waals surface area contributed by atoms with Gasteiger partial charge in [0.1, 0.15) is 0 Å². The van der Waals surface area contributed by atoms with Gasteiger partial charge in [-0.05, 0) is 31.9 Å². The fourth-order valence-corrected chi connectivity index (χ4v) is 3.12. The van der Waals surface area contributed by atoms with Crippen LogP contribution in [-0.2, 0) is 6.54 Å². The second-order valence-corrected chi connectivity index (χ2v) is 6.36. The van der Waals surface area contributed by atoms with E-state index in [9.17, 15) is 4.79 Å². The van der Waals surface area contributed by atoms with Crippen LogP contribution in [0.4, 0.5) is 5.95 Å². The number of rotatable bonds is 6. The van der Waals surface area contributed by atoms with Crippen molar-refractivity contribution >= 4 is 11.9 Å². The standard InChI is InChI=1S/C19H25N5O/c1-2-20-19-21-11-16(12-22-19)18(25)23-17-9-6-10-24(14-17)13-15-7-4-3-5-8-15/h3-5,7-8,11-12,17H,2,6,9-10,13-14H2,1H3,(H,23,25)(H,20,21,22). The molecule has 6 nitrogen and oxygen atoms in total. The number of nitrogens with one attached hydrogen (secondary N) is 2. The van der Waals surface area contributed by atoms with E-state index < -0.39 is 0 Å². The molecule has 1 aliphatic heterocycles. The molecule has 0 spiro atoms. The number of likely N-dealkylation sites (tertiary alicyclic amines) is 1. The topological polar surface area (TPSA) is 70.2 Å². The third-order valence-corrected chi connectivity index (χ3v) is 4.34. The molecule has 2 heterocycles. The smallest absolute Gasteiger partial charge is 0.254 e. The first kappa shape index (κ1) is 17.4. The molecular weight excluding hydrogens is 314 g/mol. The van der Waals surface area contributed by atoms with Crippen LogP contribution in [0.3, 0.4) is 0 Å². The number of benzene rings is 1. The first-order valence-electron chi connectivity index (χ1n) is 8.87. The normalized spacial score (nSPS) is 17.9. The van der Waals surface area contributed by atoms with E-state index in [0.29, 0.717) is 11.5 Å². The van der Waals surface area contributed by atoms with Gasteiger partial charge in [-0.1, -0.05) is 30.3 Å². The summed E-state index contributed by atoms with van der Waals surface area (Å²) in [5, 5.41) is 6.14. The summed E-state index contributed by atoms with van der Waals surface area (Å²) in [6.07, 6.45) is 5.25. The quantitative estimate of drug-likeness (QED) is 0.845. The lowest BCUT2D eigenvalue weighted by Crippen LogP contribution is -2.47. The van der Waals surface area contributed by atoms with Crippen molar-refractivity contribution in [1.82, 2.24) is 20.2 Å². The Morgan fingerprint density at radius 2 is 2.00 bits per heavy atom. The van der Waals surface area contributed by atoms with Crippen LogP contribution in [0.2, 0.25) is 0 Å². The monoisotopic (exact) mass is 339 g/mol. The highest BCUT2D eigenvalue weighted by molar-refractivity contribution is 5.93. The van der Waals surface area contributed by atoms with Crippen molar-refractivity contribution in [2.75, 3.05) is 25.0 Å². The van der Waals surface area contributed by atoms with Gasteiger partial charge < -0.3 is 10.6 Å². The van der Waals surface area contributed by atoms with Crippen molar-refractivity contribution in [2.24, 2.45) is 0 Å². The molecule has 1 aromatic carbocycles. The third-order valence-electron chi connectivity index (χ3n) is 4.34. The summed E-state index contributed by atoms with van der Waals surface area (Å²) in [7, 11) is 0. The number of carbonyl (C=O) groups is 1. The second-order valence-electron chi connectivity index (χ2n) is 6.36. The van der Waals surface area contributed by atoms with Gasteiger partial charge in [0.05, 0.1) is 5.56 Å². The molecule has 1 fully saturated rings. The molecule has 0 bridgehead atoms. The molecule has 0 saturated carbocycles. The molecule has 2 aromatic rings. The van der Waals surface area contributed by atoms with E-state index in [1.165, 1.54) is 5.56 Å². The Morgan fingerprint density at radius 1 is 1.24 bits per heavy atom. The van der Waals surface area contributed by atoms with Gasteiger partial charge in [0.25, 0.3) is 5.91 Å². The van der Waals surface area contributed by atoms with Crippen LogP contribution in [0.15, 0.2) is 42.7 Å². The van der Waals surface area contributed by atoms with Gasteiger partial charge in [-0.2, -0.15) is 0 Å². The predicted octanol–water partition coefficient (Wildman–Crippen LogP) is 2.30. The maximum atomic E-state index is 12.4. The van der Waals surface area contributed by atoms with Crippen LogP contribution in [0.25, 0.3) is 0 Å². The highest BCUT2D eigenvalue weighted by Gasteiger charge is 2.22. The molecule has 1 atom stereocenters. The summed E-state index contributed by atoms with van der Waals surface area (Å²) in [5.41, 5.74) is 1.81. The maximum Gasteiger partial charge on any atom is 0.254 e. The molecular formula is C19H25N5O. The summed E-state index contributed by atoms with van der Waals surface area (Å²) < 4.78 is 0. The van der Waals surface area contributed by atoms with Crippen LogP contribution in [0, 0.1) is 0 Å². The zero-order valence-corrected chi connectivity index (χ0v) is 14.6. The first-order chi connectivity index (χ1) is 12.2. The van der Waals surface area contributed by atoms with Gasteiger partial charge in [0.15, 0.2) is 0 Å². The van der Waals surface area contributed by atoms with Crippen molar-refractivity contribution in [3.8, 4) is 0 Å². The number of carbonyl (C=O) groups excluding carboxylic acids is 1. The Kier molecular flexibility index (Phi) is 5.95. The second kappa shape index (κ2) is 8.58. The van der Waals surface area contributed by atoms with Gasteiger partial charge in [-0.15, -0.1) is 0 Å². The van der Waals surface area contributed by atoms with Gasteiger partial charge in [-0.25, -0.2) is 9.97 Å². The highest BCUT2D eigenvalue weighted by atomic mass is 16.1. The van der Waals surface area contributed by atoms with Crippen LogP contribution >= 0.6 is 0 Å². The van der Waals surface area contributed by atoms with E-state index in [1.54, 1.807) is 12.4 Å². The van der Waals surface area contributed by atoms with Crippen LogP contribution < -0.4 is 10.6 Å². The third kappa shape index (κ3) is 5.00. The minimum absolute atomic E-state index is 0.102. The van der Waals surface area contributed by atoms with Crippen molar-refractivity contribution in [1.29, 1.82) is 0 Å². The zero-order chi connectivity index (χ0) is 17.5. The van der Waals surface area contributed by atoms with Gasteiger partial charge >= 0.3 is 0 Å². The van der Waals surface area contributed by atoms with Gasteiger partial charge in [-0.3, -0.25) is 9.69 Å². The molecule has 2 N–H and O–H groups in total. The van der Waals surface area contributed by atoms with E-state index in [-0.39, 0.29) is 11.9 Å². The Bertz CT molecular complexity index is 674. The fourth-order valence-electron chi connectivity index (χ4n) is 3.12. The molecule has 6 heteroatoms.